The van der Waals surface area contributed by atoms with E-state index in [-0.39, 0.29) is 116 Å². The average molecular weight is 1760 g/mol. The highest BCUT2D eigenvalue weighted by Gasteiger charge is 2.65. The molecule has 5 aliphatic heterocycles. The van der Waals surface area contributed by atoms with E-state index in [0.29, 0.717) is 116 Å². The molecule has 11 fully saturated rings. The van der Waals surface area contributed by atoms with E-state index in [1.165, 1.54) is 55.4 Å². The molecule has 11 aliphatic rings. The van der Waals surface area contributed by atoms with E-state index in [1.54, 1.807) is 96.9 Å². The van der Waals surface area contributed by atoms with Gasteiger partial charge in [-0.05, 0) is 249 Å². The molecule has 0 aromatic heterocycles. The maximum absolute atomic E-state index is 12.7. The van der Waals surface area contributed by atoms with Gasteiger partial charge in [0.15, 0.2) is 0 Å². The van der Waals surface area contributed by atoms with Crippen molar-refractivity contribution in [1.29, 1.82) is 0 Å². The lowest BCUT2D eigenvalue weighted by atomic mass is 9.71. The van der Waals surface area contributed by atoms with Gasteiger partial charge >= 0.3 is 95.5 Å². The van der Waals surface area contributed by atoms with Crippen molar-refractivity contribution in [1.82, 2.24) is 0 Å². The molecule has 5 heterocycles. The van der Waals surface area contributed by atoms with Crippen LogP contribution in [-0.2, 0) is 153 Å². The third-order valence-corrected chi connectivity index (χ3v) is 27.7. The van der Waals surface area contributed by atoms with Crippen LogP contribution in [0, 0.1) is 68.5 Å². The Morgan fingerprint density at radius 2 is 0.823 bits per heavy atom. The first-order chi connectivity index (χ1) is 56.9. The molecular weight excluding hydrogens is 1620 g/mol. The molecule has 0 spiro atoms. The highest BCUT2D eigenvalue weighted by Crippen LogP contribution is 2.56. The molecule has 5 saturated heterocycles. The minimum atomic E-state index is -1.41. The fourth-order valence-electron chi connectivity index (χ4n) is 15.9. The van der Waals surface area contributed by atoms with Crippen LogP contribution in [0.2, 0.25) is 0 Å². The molecule has 0 radical (unpaired) electrons. The van der Waals surface area contributed by atoms with Gasteiger partial charge in [0.05, 0.1) is 69.5 Å². The van der Waals surface area contributed by atoms with Crippen LogP contribution < -0.4 is 0 Å². The second-order valence-corrected chi connectivity index (χ2v) is 41.3. The zero-order valence-corrected chi connectivity index (χ0v) is 78.3. The molecule has 0 N–H and O–H groups in total. The molecule has 6 saturated carbocycles. The van der Waals surface area contributed by atoms with Gasteiger partial charge in [0.1, 0.15) is 72.2 Å². The number of hydrogen-bond donors (Lipinski definition) is 0. The highest BCUT2D eigenvalue weighted by atomic mass is 16.7. The summed E-state index contributed by atoms with van der Waals surface area (Å²) in [6, 6.07) is 0. The maximum atomic E-state index is 12.7. The standard InChI is InChI=1S/C20H28O8.C19H30O6.2C18H28O6.C17H26O6/c1-4-20(2,3)19(24)26-8-7-25-14(21)5-6-15(22)27-16-11-9-12-13(10-11)18(23)28-17(12)16;1-8-16(2,3)14(21)24-17(4,5)15(22)25-18(6)10-9-12-11-19(18,7)23-13(12)20;1-7-16(2,3)14(20)23-17(4,5)15(21)24-18(6)9-8-11-10-12(18)22-13(11)19;1-7-16(2,3)14(20)24-17(4,5)15(21)22-12-9-8-11-10-18(12,6)23-13(11)19;1-6-16(2,3)14(19)23-17(4,5)15(20)22-11-8-7-10-9-12(11)21-13(10)18/h11-13,16-17H,4-10H2,1-3H3;12H,8-11H2,1-7H3;2*11-12H,7-10H2,1-6H3;10-12H,6-9H2,1-5H3. The molecule has 32 nitrogen and oxygen atoms in total. The van der Waals surface area contributed by atoms with E-state index < -0.39 is 156 Å². The molecule has 0 aromatic rings. The Hall–Kier alpha value is -8.48. The van der Waals surface area contributed by atoms with Crippen molar-refractivity contribution in [2.24, 2.45) is 68.5 Å². The van der Waals surface area contributed by atoms with Crippen molar-refractivity contribution in [3.05, 3.63) is 0 Å². The van der Waals surface area contributed by atoms with E-state index in [9.17, 15) is 76.7 Å². The number of hydrogen-bond acceptors (Lipinski definition) is 32. The van der Waals surface area contributed by atoms with E-state index in [4.69, 9.17) is 75.8 Å². The molecule has 11 rings (SSSR count). The highest BCUT2D eigenvalue weighted by molar-refractivity contribution is 5.89. The summed E-state index contributed by atoms with van der Waals surface area (Å²) in [5.41, 5.74) is -12.2. The number of carbonyl (C=O) groups is 16. The monoisotopic (exact) mass is 1760 g/mol. The van der Waals surface area contributed by atoms with Gasteiger partial charge in [-0.25, -0.2) is 19.2 Å². The Bertz CT molecular complexity index is 4020. The van der Waals surface area contributed by atoms with Gasteiger partial charge in [-0.1, -0.05) is 34.6 Å². The maximum Gasteiger partial charge on any atom is 0.350 e. The van der Waals surface area contributed by atoms with Crippen LogP contribution in [0.1, 0.15) is 322 Å². The Kier molecular flexibility index (Phi) is 31.9. The van der Waals surface area contributed by atoms with Crippen molar-refractivity contribution in [3.8, 4) is 0 Å². The van der Waals surface area contributed by atoms with Crippen molar-refractivity contribution >= 4 is 95.5 Å². The number of rotatable bonds is 29. The summed E-state index contributed by atoms with van der Waals surface area (Å²) in [6.45, 7) is 46.5. The Balaban J connectivity index is 0.000000213. The number of esters is 16. The van der Waals surface area contributed by atoms with Crippen molar-refractivity contribution < 1.29 is 153 Å². The lowest BCUT2D eigenvalue weighted by Gasteiger charge is -2.45. The molecule has 17 unspecified atom stereocenters. The van der Waals surface area contributed by atoms with Crippen molar-refractivity contribution in [3.63, 3.8) is 0 Å². The van der Waals surface area contributed by atoms with Crippen LogP contribution in [0.3, 0.4) is 0 Å². The summed E-state index contributed by atoms with van der Waals surface area (Å²) in [7, 11) is 0. The van der Waals surface area contributed by atoms with Crippen molar-refractivity contribution in [2.75, 3.05) is 13.2 Å². The quantitative estimate of drug-likeness (QED) is 0.0381. The van der Waals surface area contributed by atoms with E-state index in [2.05, 4.69) is 0 Å². The largest absolute Gasteiger partial charge is 0.462 e. The normalized spacial score (nSPS) is 29.9. The smallest absolute Gasteiger partial charge is 0.350 e. The van der Waals surface area contributed by atoms with Gasteiger partial charge in [-0.2, -0.15) is 0 Å². The molecule has 17 atom stereocenters. The fourth-order valence-corrected chi connectivity index (χ4v) is 15.9. The Morgan fingerprint density at radius 3 is 1.35 bits per heavy atom. The molecule has 124 heavy (non-hydrogen) atoms. The van der Waals surface area contributed by atoms with Crippen LogP contribution >= 0.6 is 0 Å². The summed E-state index contributed by atoms with van der Waals surface area (Å²) in [6.07, 6.45) is 9.08. The second kappa shape index (κ2) is 38.6. The molecule has 10 bridgehead atoms. The summed E-state index contributed by atoms with van der Waals surface area (Å²) < 4.78 is 86.6. The van der Waals surface area contributed by atoms with Gasteiger partial charge in [0, 0.05) is 37.5 Å². The topological polar surface area (TPSA) is 421 Å². The van der Waals surface area contributed by atoms with Crippen LogP contribution in [0.25, 0.3) is 0 Å². The summed E-state index contributed by atoms with van der Waals surface area (Å²) in [5, 5.41) is 0. The molecule has 700 valence electrons. The number of carbonyl (C=O) groups excluding carboxylic acids is 16. The fraction of sp³-hybridized carbons (Fsp3) is 0.826. The minimum Gasteiger partial charge on any atom is -0.462 e. The van der Waals surface area contributed by atoms with Gasteiger partial charge < -0.3 is 75.8 Å². The van der Waals surface area contributed by atoms with E-state index in [1.807, 2.05) is 34.6 Å². The third-order valence-electron chi connectivity index (χ3n) is 27.7. The van der Waals surface area contributed by atoms with Crippen LogP contribution in [0.15, 0.2) is 0 Å². The number of fused-ring (bicyclic) bond motifs is 9. The zero-order chi connectivity index (χ0) is 93.8. The van der Waals surface area contributed by atoms with E-state index >= 15 is 0 Å². The van der Waals surface area contributed by atoms with Crippen LogP contribution in [0.4, 0.5) is 0 Å². The first-order valence-electron chi connectivity index (χ1n) is 44.3. The van der Waals surface area contributed by atoms with Gasteiger partial charge in [0.2, 0.25) is 22.4 Å². The minimum absolute atomic E-state index is 0.0161. The SMILES string of the molecule is CCC(C)(C)C(=O)OC(C)(C)C(=O)OC1(C)CCC2CC1(C)OC2=O.CCC(C)(C)C(=O)OC(C)(C)C(=O)OC1(C)CCC2CC1OC2=O.CCC(C)(C)C(=O)OC(C)(C)C(=O)OC1CCC2CC1(C)OC2=O.CCC(C)(C)C(=O)OC(C)(C)C(=O)OC1CCC2CC1OC2=O.CCC(C)(C)C(=O)OCCOC(=O)CCC(=O)OC1C2CC3C(=O)OC1C3C2. The Labute approximate surface area is 729 Å². The third kappa shape index (κ3) is 23.8. The predicted molar refractivity (Wildman–Crippen MR) is 439 cm³/mol. The lowest BCUT2D eigenvalue weighted by molar-refractivity contribution is -0.215. The zero-order valence-electron chi connectivity index (χ0n) is 78.3. The Morgan fingerprint density at radius 1 is 0.387 bits per heavy atom. The summed E-state index contributed by atoms with van der Waals surface area (Å²) >= 11 is 0. The van der Waals surface area contributed by atoms with Gasteiger partial charge in [-0.3, -0.25) is 57.5 Å². The van der Waals surface area contributed by atoms with Gasteiger partial charge in [0.25, 0.3) is 0 Å². The number of ether oxygens (including phenoxy) is 16. The second-order valence-electron chi connectivity index (χ2n) is 41.3. The predicted octanol–water partition coefficient (Wildman–Crippen LogP) is 12.9. The van der Waals surface area contributed by atoms with Crippen LogP contribution in [0.5, 0.6) is 0 Å². The first-order valence-corrected chi connectivity index (χ1v) is 44.3. The molecule has 32 heteroatoms. The molecular formula is C92H140O32. The van der Waals surface area contributed by atoms with Crippen molar-refractivity contribution in [2.45, 2.75) is 403 Å². The molecule has 0 aromatic carbocycles. The lowest BCUT2D eigenvalue weighted by Crippen LogP contribution is -2.57. The summed E-state index contributed by atoms with van der Waals surface area (Å²) in [4.78, 5) is 193. The van der Waals surface area contributed by atoms with Crippen LogP contribution in [-0.4, -0.2) is 190 Å². The van der Waals surface area contributed by atoms with E-state index in [0.717, 1.165) is 6.42 Å². The molecule has 6 aliphatic carbocycles. The van der Waals surface area contributed by atoms with Gasteiger partial charge in [-0.15, -0.1) is 0 Å². The summed E-state index contributed by atoms with van der Waals surface area (Å²) in [5.74, 6) is -6.69. The average Bonchev–Trinajstić information content (AvgIpc) is 1.57. The molecule has 0 amide bonds. The first kappa shape index (κ1) is 103.